The van der Waals surface area contributed by atoms with Crippen LogP contribution in [0.4, 0.5) is 0 Å². The Morgan fingerprint density at radius 3 is 1.00 bits per heavy atom. The van der Waals surface area contributed by atoms with E-state index in [0.29, 0.717) is 23.7 Å². The van der Waals surface area contributed by atoms with E-state index in [1.165, 1.54) is 0 Å². The van der Waals surface area contributed by atoms with Gasteiger partial charge in [0.1, 0.15) is 0 Å². The summed E-state index contributed by atoms with van der Waals surface area (Å²) in [5.74, 6) is 3.10. The minimum absolute atomic E-state index is 0.198. The molecule has 6 fully saturated rings. The lowest BCUT2D eigenvalue weighted by Gasteiger charge is -2.84. The molecule has 6 unspecified atom stereocenters. The highest BCUT2D eigenvalue weighted by Crippen LogP contribution is 2.92. The van der Waals surface area contributed by atoms with E-state index in [2.05, 4.69) is 13.8 Å². The molecule has 0 aromatic rings. The maximum atomic E-state index is 10.4. The van der Waals surface area contributed by atoms with E-state index in [9.17, 15) is 20.4 Å². The Morgan fingerprint density at radius 2 is 0.773 bits per heavy atom. The van der Waals surface area contributed by atoms with E-state index in [1.807, 2.05) is 0 Å². The number of aliphatic hydroxyl groups is 4. The van der Waals surface area contributed by atoms with Crippen LogP contribution in [0.25, 0.3) is 0 Å². The van der Waals surface area contributed by atoms with Crippen molar-refractivity contribution >= 4 is 0 Å². The Hall–Kier alpha value is -0.160. The molecule has 0 amide bonds. The molecule has 4 N–H and O–H groups in total. The molecule has 4 heteroatoms. The Kier molecular flexibility index (Phi) is 1.98. The van der Waals surface area contributed by atoms with E-state index >= 15 is 0 Å². The van der Waals surface area contributed by atoms with Crippen molar-refractivity contribution in [2.24, 2.45) is 58.2 Å². The minimum Gasteiger partial charge on any atom is -0.390 e. The van der Waals surface area contributed by atoms with Gasteiger partial charge in [0, 0.05) is 0 Å². The number of fused-ring (bicyclic) bond motifs is 15. The zero-order chi connectivity index (χ0) is 15.3. The second-order valence-corrected chi connectivity index (χ2v) is 9.76. The highest BCUT2D eigenvalue weighted by atomic mass is 16.3. The second-order valence-electron chi connectivity index (χ2n) is 9.76. The van der Waals surface area contributed by atoms with Crippen LogP contribution in [-0.4, -0.2) is 44.8 Å². The Balaban J connectivity index is 1.46. The minimum atomic E-state index is -0.541. The molecule has 22 heavy (non-hydrogen) atoms. The van der Waals surface area contributed by atoms with Crippen LogP contribution in [-0.2, 0) is 0 Å². The average Bonchev–Trinajstić information content (AvgIpc) is 3.19. The number of hydrogen-bond donors (Lipinski definition) is 4. The van der Waals surface area contributed by atoms with E-state index in [1.54, 1.807) is 0 Å². The monoisotopic (exact) mass is 306 g/mol. The summed E-state index contributed by atoms with van der Waals surface area (Å²) in [5.41, 5.74) is 0.396. The fraction of sp³-hybridized carbons (Fsp3) is 1.00. The fourth-order valence-corrected chi connectivity index (χ4v) is 9.66. The van der Waals surface area contributed by atoms with Gasteiger partial charge in [-0.1, -0.05) is 13.8 Å². The normalized spacial score (nSPS) is 79.4. The smallest absolute Gasteiger partial charge is 0.0833 e. The lowest BCUT2D eigenvalue weighted by atomic mass is 9.20. The first-order valence-electron chi connectivity index (χ1n) is 9.07. The standard InChI is InChI=1S/C18H26O4/c1-17-9-5-3-7(15(21)13(5)19)11(9)18(17,2)12-8-4-6(10(12)17)14(20)16(8)22/h5-16,19-22H,3-4H2,1-2H3/t5-,6+,7+,8-,9?,10?,11?,12?,13-,14+,15+,16-,17?,18?. The molecule has 0 aromatic heterocycles. The molecule has 4 bridgehead atoms. The number of aliphatic hydroxyl groups excluding tert-OH is 4. The molecule has 0 aromatic carbocycles. The van der Waals surface area contributed by atoms with Gasteiger partial charge in [-0.2, -0.15) is 0 Å². The lowest BCUT2D eigenvalue weighted by molar-refractivity contribution is -0.395. The molecular weight excluding hydrogens is 280 g/mol. The van der Waals surface area contributed by atoms with Crippen molar-refractivity contribution in [2.75, 3.05) is 0 Å². The SMILES string of the molecule is CC12C3C([C@@H]4C[C@H]3[C@@H](O)[C@H]4O)C1(C)C1C2[C@@H]2C[C@H]1[C@@H](O)[C@H]2O. The quantitative estimate of drug-likeness (QED) is 0.517. The maximum absolute atomic E-state index is 10.4. The molecule has 4 nitrogen and oxygen atoms in total. The molecule has 6 rings (SSSR count). The van der Waals surface area contributed by atoms with Crippen molar-refractivity contribution in [3.05, 3.63) is 0 Å². The molecule has 122 valence electrons. The highest BCUT2D eigenvalue weighted by Gasteiger charge is 2.90. The first-order chi connectivity index (χ1) is 10.3. The van der Waals surface area contributed by atoms with Gasteiger partial charge < -0.3 is 20.4 Å². The van der Waals surface area contributed by atoms with Crippen LogP contribution in [0.2, 0.25) is 0 Å². The van der Waals surface area contributed by atoms with Crippen molar-refractivity contribution in [2.45, 2.75) is 51.1 Å². The van der Waals surface area contributed by atoms with Crippen molar-refractivity contribution in [1.82, 2.24) is 0 Å². The summed E-state index contributed by atoms with van der Waals surface area (Å²) in [7, 11) is 0. The lowest BCUT2D eigenvalue weighted by Crippen LogP contribution is -2.83. The van der Waals surface area contributed by atoms with Gasteiger partial charge in [0.15, 0.2) is 0 Å². The van der Waals surface area contributed by atoms with Crippen molar-refractivity contribution in [3.63, 3.8) is 0 Å². The van der Waals surface area contributed by atoms with Crippen LogP contribution in [0.1, 0.15) is 26.7 Å². The second kappa shape index (κ2) is 3.30. The van der Waals surface area contributed by atoms with Crippen LogP contribution in [0.3, 0.4) is 0 Å². The van der Waals surface area contributed by atoms with Gasteiger partial charge in [-0.15, -0.1) is 0 Å². The van der Waals surface area contributed by atoms with Gasteiger partial charge in [0.25, 0.3) is 0 Å². The van der Waals surface area contributed by atoms with Crippen molar-refractivity contribution in [3.8, 4) is 0 Å². The Labute approximate surface area is 130 Å². The molecule has 6 aliphatic rings. The number of hydrogen-bond acceptors (Lipinski definition) is 4. The summed E-state index contributed by atoms with van der Waals surface area (Å²) < 4.78 is 0. The number of rotatable bonds is 0. The van der Waals surface area contributed by atoms with Crippen molar-refractivity contribution < 1.29 is 20.4 Å². The summed E-state index contributed by atoms with van der Waals surface area (Å²) >= 11 is 0. The predicted molar refractivity (Wildman–Crippen MR) is 77.4 cm³/mol. The predicted octanol–water partition coefficient (Wildman–Crippen LogP) is 0.234. The van der Waals surface area contributed by atoms with Crippen molar-refractivity contribution in [1.29, 1.82) is 0 Å². The van der Waals surface area contributed by atoms with Crippen LogP contribution in [0.5, 0.6) is 0 Å². The molecular formula is C18H26O4. The molecule has 6 aliphatic carbocycles. The molecule has 0 heterocycles. The maximum Gasteiger partial charge on any atom is 0.0833 e. The zero-order valence-electron chi connectivity index (χ0n) is 13.1. The summed E-state index contributed by atoms with van der Waals surface area (Å²) in [4.78, 5) is 0. The van der Waals surface area contributed by atoms with E-state index < -0.39 is 24.4 Å². The first kappa shape index (κ1) is 13.2. The summed E-state index contributed by atoms with van der Waals surface area (Å²) in [6.07, 6.45) is -0.214. The summed E-state index contributed by atoms with van der Waals surface area (Å²) in [6.45, 7) is 4.77. The average molecular weight is 306 g/mol. The van der Waals surface area contributed by atoms with Gasteiger partial charge in [0.2, 0.25) is 0 Å². The van der Waals surface area contributed by atoms with Crippen LogP contribution < -0.4 is 0 Å². The van der Waals surface area contributed by atoms with E-state index in [4.69, 9.17) is 0 Å². The van der Waals surface area contributed by atoms with E-state index in [0.717, 1.165) is 12.8 Å². The third kappa shape index (κ3) is 0.892. The van der Waals surface area contributed by atoms with Gasteiger partial charge in [-0.3, -0.25) is 0 Å². The van der Waals surface area contributed by atoms with Crippen LogP contribution >= 0.6 is 0 Å². The zero-order valence-corrected chi connectivity index (χ0v) is 13.1. The van der Waals surface area contributed by atoms with Gasteiger partial charge >= 0.3 is 0 Å². The van der Waals surface area contributed by atoms with Crippen LogP contribution in [0, 0.1) is 58.2 Å². The van der Waals surface area contributed by atoms with Crippen LogP contribution in [0.15, 0.2) is 0 Å². The third-order valence-corrected chi connectivity index (χ3v) is 10.1. The van der Waals surface area contributed by atoms with Gasteiger partial charge in [-0.05, 0) is 71.0 Å². The third-order valence-electron chi connectivity index (χ3n) is 10.1. The topological polar surface area (TPSA) is 80.9 Å². The molecule has 0 aliphatic heterocycles. The van der Waals surface area contributed by atoms with Gasteiger partial charge in [-0.25, -0.2) is 0 Å². The Bertz CT molecular complexity index is 485. The molecule has 0 radical (unpaired) electrons. The van der Waals surface area contributed by atoms with E-state index in [-0.39, 0.29) is 34.5 Å². The Morgan fingerprint density at radius 1 is 0.545 bits per heavy atom. The highest BCUT2D eigenvalue weighted by molar-refractivity contribution is 5.37. The molecule has 6 saturated carbocycles. The largest absolute Gasteiger partial charge is 0.390 e. The molecule has 0 saturated heterocycles. The van der Waals surface area contributed by atoms with Gasteiger partial charge in [0.05, 0.1) is 24.4 Å². The summed E-state index contributed by atoms with van der Waals surface area (Å²) in [6, 6.07) is 0. The summed E-state index contributed by atoms with van der Waals surface area (Å²) in [5, 5.41) is 41.5. The first-order valence-corrected chi connectivity index (χ1v) is 9.07. The fourth-order valence-electron chi connectivity index (χ4n) is 9.66. The molecule has 14 atom stereocenters. The molecule has 0 spiro atoms.